The number of rotatable bonds is 3. The Kier molecular flexibility index (Phi) is 3.10. The number of hydrogen-bond acceptors (Lipinski definition) is 4. The number of nitrogens with zero attached hydrogens (tertiary/aromatic N) is 1. The fourth-order valence-electron chi connectivity index (χ4n) is 1.77. The molecule has 1 aromatic rings. The number of cyclic esters (lactones) is 1. The molecular formula is C12H13NO4. The van der Waals surface area contributed by atoms with Gasteiger partial charge in [-0.25, -0.2) is 4.79 Å². The maximum absolute atomic E-state index is 11.5. The first-order valence-corrected chi connectivity index (χ1v) is 5.31. The zero-order valence-electron chi connectivity index (χ0n) is 9.42. The van der Waals surface area contributed by atoms with E-state index in [4.69, 9.17) is 9.84 Å². The van der Waals surface area contributed by atoms with Crippen LogP contribution in [0, 0.1) is 0 Å². The van der Waals surface area contributed by atoms with Crippen LogP contribution in [-0.4, -0.2) is 36.2 Å². The van der Waals surface area contributed by atoms with Crippen LogP contribution in [0.2, 0.25) is 0 Å². The third-order valence-corrected chi connectivity index (χ3v) is 2.72. The van der Waals surface area contributed by atoms with Gasteiger partial charge in [0.15, 0.2) is 5.78 Å². The Labute approximate surface area is 98.6 Å². The summed E-state index contributed by atoms with van der Waals surface area (Å²) in [6.45, 7) is 1.51. The van der Waals surface area contributed by atoms with Crippen LogP contribution in [0.1, 0.15) is 17.3 Å². The van der Waals surface area contributed by atoms with Crippen LogP contribution < -0.4 is 4.90 Å². The van der Waals surface area contributed by atoms with Gasteiger partial charge in [0.2, 0.25) is 0 Å². The number of carbonyl (C=O) groups is 2. The van der Waals surface area contributed by atoms with Crippen molar-refractivity contribution in [3.05, 3.63) is 29.8 Å². The first kappa shape index (κ1) is 11.6. The fourth-order valence-corrected chi connectivity index (χ4v) is 1.77. The van der Waals surface area contributed by atoms with E-state index < -0.39 is 6.09 Å². The van der Waals surface area contributed by atoms with Crippen molar-refractivity contribution in [3.8, 4) is 0 Å². The lowest BCUT2D eigenvalue weighted by molar-refractivity contribution is 0.101. The molecule has 0 bridgehead atoms. The molecule has 1 N–H and O–H groups in total. The van der Waals surface area contributed by atoms with Gasteiger partial charge in [-0.2, -0.15) is 0 Å². The summed E-state index contributed by atoms with van der Waals surface area (Å²) in [6.07, 6.45) is -0.473. The Hall–Kier alpha value is -1.88. The van der Waals surface area contributed by atoms with Crippen molar-refractivity contribution in [2.75, 3.05) is 18.1 Å². The Morgan fingerprint density at radius 3 is 2.65 bits per heavy atom. The normalized spacial score (nSPS) is 19.3. The first-order chi connectivity index (χ1) is 8.13. The van der Waals surface area contributed by atoms with Crippen LogP contribution in [-0.2, 0) is 4.74 Å². The summed E-state index contributed by atoms with van der Waals surface area (Å²) < 4.78 is 4.86. The van der Waals surface area contributed by atoms with Gasteiger partial charge in [0.1, 0.15) is 6.61 Å². The quantitative estimate of drug-likeness (QED) is 0.799. The molecule has 0 aromatic heterocycles. The highest BCUT2D eigenvalue weighted by atomic mass is 16.6. The molecule has 1 fully saturated rings. The summed E-state index contributed by atoms with van der Waals surface area (Å²) in [4.78, 5) is 24.0. The molecular weight excluding hydrogens is 222 g/mol. The van der Waals surface area contributed by atoms with Crippen molar-refractivity contribution in [1.29, 1.82) is 0 Å². The lowest BCUT2D eigenvalue weighted by atomic mass is 10.1. The molecule has 1 aliphatic heterocycles. The van der Waals surface area contributed by atoms with Crippen LogP contribution in [0.5, 0.6) is 0 Å². The van der Waals surface area contributed by atoms with Gasteiger partial charge < -0.3 is 9.84 Å². The van der Waals surface area contributed by atoms with E-state index in [-0.39, 0.29) is 25.0 Å². The molecule has 1 saturated heterocycles. The van der Waals surface area contributed by atoms with Crippen molar-refractivity contribution in [3.63, 3.8) is 0 Å². The Morgan fingerprint density at radius 1 is 1.47 bits per heavy atom. The molecule has 2 rings (SSSR count). The van der Waals surface area contributed by atoms with E-state index in [0.717, 1.165) is 0 Å². The van der Waals surface area contributed by atoms with Gasteiger partial charge in [0.25, 0.3) is 0 Å². The summed E-state index contributed by atoms with van der Waals surface area (Å²) in [5, 5.41) is 9.13. The number of aliphatic hydroxyl groups is 1. The van der Waals surface area contributed by atoms with E-state index in [9.17, 15) is 9.59 Å². The zero-order valence-corrected chi connectivity index (χ0v) is 9.42. The lowest BCUT2D eigenvalue weighted by Crippen LogP contribution is -2.35. The predicted molar refractivity (Wildman–Crippen MR) is 61.1 cm³/mol. The van der Waals surface area contributed by atoms with E-state index in [1.54, 1.807) is 24.3 Å². The van der Waals surface area contributed by atoms with Crippen molar-refractivity contribution in [2.24, 2.45) is 0 Å². The van der Waals surface area contributed by atoms with Gasteiger partial charge >= 0.3 is 6.09 Å². The minimum absolute atomic E-state index is 0.0285. The highest BCUT2D eigenvalue weighted by molar-refractivity contribution is 5.95. The number of aliphatic hydroxyl groups excluding tert-OH is 1. The highest BCUT2D eigenvalue weighted by Gasteiger charge is 2.33. The second kappa shape index (κ2) is 4.55. The second-order valence-electron chi connectivity index (χ2n) is 3.89. The van der Waals surface area contributed by atoms with Crippen LogP contribution in [0.15, 0.2) is 24.3 Å². The van der Waals surface area contributed by atoms with Crippen LogP contribution in [0.4, 0.5) is 10.5 Å². The molecule has 0 spiro atoms. The maximum atomic E-state index is 11.5. The molecule has 1 heterocycles. The van der Waals surface area contributed by atoms with Crippen molar-refractivity contribution in [1.82, 2.24) is 0 Å². The molecule has 5 heteroatoms. The average molecular weight is 235 g/mol. The van der Waals surface area contributed by atoms with Crippen molar-refractivity contribution < 1.29 is 19.4 Å². The molecule has 0 unspecified atom stereocenters. The average Bonchev–Trinajstić information content (AvgIpc) is 2.70. The summed E-state index contributed by atoms with van der Waals surface area (Å²) in [5.41, 5.74) is 1.21. The number of benzene rings is 1. The van der Waals surface area contributed by atoms with E-state index in [0.29, 0.717) is 11.3 Å². The van der Waals surface area contributed by atoms with E-state index in [2.05, 4.69) is 0 Å². The molecule has 0 radical (unpaired) electrons. The Morgan fingerprint density at radius 2 is 2.12 bits per heavy atom. The Balaban J connectivity index is 2.27. The number of amides is 1. The van der Waals surface area contributed by atoms with E-state index in [1.807, 2.05) is 0 Å². The summed E-state index contributed by atoms with van der Waals surface area (Å²) >= 11 is 0. The van der Waals surface area contributed by atoms with Gasteiger partial charge in [-0.05, 0) is 31.2 Å². The molecule has 0 aliphatic carbocycles. The standard InChI is InChI=1S/C12H13NO4/c1-8(15)9-2-4-10(5-3-9)13-11(6-14)7-17-12(13)16/h2-5,11,14H,6-7H2,1H3/t11-/m1/s1. The molecule has 90 valence electrons. The third-order valence-electron chi connectivity index (χ3n) is 2.72. The van der Waals surface area contributed by atoms with Crippen LogP contribution in [0.3, 0.4) is 0 Å². The molecule has 17 heavy (non-hydrogen) atoms. The second-order valence-corrected chi connectivity index (χ2v) is 3.89. The number of carbonyl (C=O) groups excluding carboxylic acids is 2. The van der Waals surface area contributed by atoms with Gasteiger partial charge in [-0.15, -0.1) is 0 Å². The largest absolute Gasteiger partial charge is 0.447 e. The third kappa shape index (κ3) is 2.14. The minimum Gasteiger partial charge on any atom is -0.447 e. The zero-order chi connectivity index (χ0) is 12.4. The fraction of sp³-hybridized carbons (Fsp3) is 0.333. The smallest absolute Gasteiger partial charge is 0.414 e. The topological polar surface area (TPSA) is 66.8 Å². The van der Waals surface area contributed by atoms with E-state index in [1.165, 1.54) is 11.8 Å². The molecule has 1 atom stereocenters. The molecule has 1 aromatic carbocycles. The number of ether oxygens (including phenoxy) is 1. The van der Waals surface area contributed by atoms with Crippen molar-refractivity contribution >= 4 is 17.6 Å². The minimum atomic E-state index is -0.473. The van der Waals surface area contributed by atoms with Gasteiger partial charge in [-0.1, -0.05) is 0 Å². The monoisotopic (exact) mass is 235 g/mol. The van der Waals surface area contributed by atoms with Gasteiger partial charge in [-0.3, -0.25) is 9.69 Å². The number of Topliss-reactive ketones (excluding diaryl/α,β-unsaturated/α-hetero) is 1. The summed E-state index contributed by atoms with van der Waals surface area (Å²) in [7, 11) is 0. The van der Waals surface area contributed by atoms with Gasteiger partial charge in [0.05, 0.1) is 12.6 Å². The molecule has 5 nitrogen and oxygen atoms in total. The Bertz CT molecular complexity index is 440. The lowest BCUT2D eigenvalue weighted by Gasteiger charge is -2.19. The number of anilines is 1. The number of hydrogen-bond donors (Lipinski definition) is 1. The summed E-state index contributed by atoms with van der Waals surface area (Å²) in [5.74, 6) is -0.0285. The molecule has 1 aliphatic rings. The SMILES string of the molecule is CC(=O)c1ccc(N2C(=O)OC[C@H]2CO)cc1. The molecule has 0 saturated carbocycles. The molecule has 1 amide bonds. The predicted octanol–water partition coefficient (Wildman–Crippen LogP) is 1.21. The van der Waals surface area contributed by atoms with Crippen molar-refractivity contribution in [2.45, 2.75) is 13.0 Å². The van der Waals surface area contributed by atoms with Crippen LogP contribution in [0.25, 0.3) is 0 Å². The first-order valence-electron chi connectivity index (χ1n) is 5.31. The van der Waals surface area contributed by atoms with Crippen LogP contribution >= 0.6 is 0 Å². The van der Waals surface area contributed by atoms with E-state index >= 15 is 0 Å². The highest BCUT2D eigenvalue weighted by Crippen LogP contribution is 2.23. The maximum Gasteiger partial charge on any atom is 0.414 e. The summed E-state index contributed by atoms with van der Waals surface area (Å²) in [6, 6.07) is 6.29. The number of ketones is 1. The van der Waals surface area contributed by atoms with Gasteiger partial charge in [0, 0.05) is 11.3 Å².